The Balaban J connectivity index is 1.36. The number of carbonyl (C=O) groups is 1. The van der Waals surface area contributed by atoms with E-state index in [-0.39, 0.29) is 11.9 Å². The van der Waals surface area contributed by atoms with Crippen LogP contribution >= 0.6 is 0 Å². The van der Waals surface area contributed by atoms with E-state index in [0.29, 0.717) is 34.0 Å². The van der Waals surface area contributed by atoms with Gasteiger partial charge in [0.25, 0.3) is 5.91 Å². The summed E-state index contributed by atoms with van der Waals surface area (Å²) in [5, 5.41) is 13.0. The van der Waals surface area contributed by atoms with Gasteiger partial charge in [0.15, 0.2) is 5.65 Å². The topological polar surface area (TPSA) is 136 Å². The number of anilines is 2. The van der Waals surface area contributed by atoms with Gasteiger partial charge in [-0.1, -0.05) is 24.3 Å². The molecule has 188 valence electrons. The van der Waals surface area contributed by atoms with Gasteiger partial charge in [-0.05, 0) is 56.6 Å². The van der Waals surface area contributed by atoms with Crippen molar-refractivity contribution >= 4 is 39.3 Å². The van der Waals surface area contributed by atoms with E-state index in [1.165, 1.54) is 6.33 Å². The van der Waals surface area contributed by atoms with E-state index in [9.17, 15) is 4.79 Å². The molecule has 0 spiro atoms. The summed E-state index contributed by atoms with van der Waals surface area (Å²) < 4.78 is 7.63. The summed E-state index contributed by atoms with van der Waals surface area (Å²) in [5.41, 5.74) is 11.6. The highest BCUT2D eigenvalue weighted by molar-refractivity contribution is 6.07. The lowest BCUT2D eigenvalue weighted by Crippen LogP contribution is -2.30. The summed E-state index contributed by atoms with van der Waals surface area (Å²) in [5.74, 6) is 0.642. The van der Waals surface area contributed by atoms with Crippen molar-refractivity contribution < 1.29 is 9.53 Å². The minimum atomic E-state index is -0.250. The predicted molar refractivity (Wildman–Crippen MR) is 144 cm³/mol. The van der Waals surface area contributed by atoms with Crippen LogP contribution in [0.1, 0.15) is 34.9 Å². The van der Waals surface area contributed by atoms with E-state index in [4.69, 9.17) is 15.6 Å². The first kappa shape index (κ1) is 23.0. The first-order valence-corrected chi connectivity index (χ1v) is 12.3. The maximum absolute atomic E-state index is 13.1. The number of nitrogens with zero attached hydrogens (tertiary/aromatic N) is 4. The zero-order chi connectivity index (χ0) is 25.5. The molecule has 10 heteroatoms. The molecule has 0 unspecified atom stereocenters. The molecule has 1 aliphatic rings. The van der Waals surface area contributed by atoms with Gasteiger partial charge in [0.05, 0.1) is 24.2 Å². The van der Waals surface area contributed by atoms with Crippen LogP contribution in [0.2, 0.25) is 0 Å². The number of para-hydroxylation sites is 1. The molecule has 10 nitrogen and oxygen atoms in total. The Morgan fingerprint density at radius 3 is 2.78 bits per heavy atom. The van der Waals surface area contributed by atoms with E-state index in [1.807, 2.05) is 54.1 Å². The molecule has 5 N–H and O–H groups in total. The largest absolute Gasteiger partial charge is 0.495 e. The lowest BCUT2D eigenvalue weighted by Gasteiger charge is -2.23. The third kappa shape index (κ3) is 4.05. The molecule has 0 bridgehead atoms. The van der Waals surface area contributed by atoms with Crippen LogP contribution < -0.4 is 21.1 Å². The second-order valence-corrected chi connectivity index (χ2v) is 9.32. The van der Waals surface area contributed by atoms with Gasteiger partial charge in [0.1, 0.15) is 29.3 Å². The zero-order valence-corrected chi connectivity index (χ0v) is 20.7. The number of carbonyl (C=O) groups excluding carboxylic acids is 1. The molecule has 1 fully saturated rings. The summed E-state index contributed by atoms with van der Waals surface area (Å²) in [6.45, 7) is 3.87. The van der Waals surface area contributed by atoms with E-state index in [1.54, 1.807) is 7.11 Å². The molecule has 0 aliphatic carbocycles. The molecule has 5 aromatic rings. The van der Waals surface area contributed by atoms with Gasteiger partial charge in [-0.3, -0.25) is 4.79 Å². The number of H-pyrrole nitrogens is 1. The summed E-state index contributed by atoms with van der Waals surface area (Å²) in [4.78, 5) is 25.0. The highest BCUT2D eigenvalue weighted by atomic mass is 16.5. The lowest BCUT2D eigenvalue weighted by atomic mass is 10.1. The van der Waals surface area contributed by atoms with Crippen molar-refractivity contribution in [2.24, 2.45) is 0 Å². The number of ether oxygens (including phenoxy) is 1. The molecule has 0 radical (unpaired) electrons. The Kier molecular flexibility index (Phi) is 5.72. The molecule has 6 rings (SSSR count). The van der Waals surface area contributed by atoms with Gasteiger partial charge in [-0.15, -0.1) is 0 Å². The van der Waals surface area contributed by atoms with Gasteiger partial charge in [0, 0.05) is 16.5 Å². The first-order valence-electron chi connectivity index (χ1n) is 12.3. The van der Waals surface area contributed by atoms with Gasteiger partial charge in [-0.25, -0.2) is 14.6 Å². The van der Waals surface area contributed by atoms with Crippen LogP contribution in [0.15, 0.2) is 48.8 Å². The van der Waals surface area contributed by atoms with Crippen LogP contribution in [0.25, 0.3) is 33.2 Å². The number of aryl methyl sites for hydroxylation is 1. The van der Waals surface area contributed by atoms with E-state index < -0.39 is 0 Å². The number of aromatic amines is 1. The van der Waals surface area contributed by atoms with Crippen molar-refractivity contribution in [1.82, 2.24) is 30.0 Å². The second-order valence-electron chi connectivity index (χ2n) is 9.32. The predicted octanol–water partition coefficient (Wildman–Crippen LogP) is 4.05. The zero-order valence-electron chi connectivity index (χ0n) is 20.7. The number of nitrogen functional groups attached to an aromatic ring is 1. The molecular formula is C27H28N8O2. The monoisotopic (exact) mass is 496 g/mol. The Morgan fingerprint density at radius 2 is 2.00 bits per heavy atom. The van der Waals surface area contributed by atoms with Crippen LogP contribution in [0, 0.1) is 6.92 Å². The van der Waals surface area contributed by atoms with Crippen LogP contribution in [0.3, 0.4) is 0 Å². The maximum atomic E-state index is 13.1. The molecule has 0 atom stereocenters. The molecule has 0 saturated carbocycles. The molecule has 3 aromatic heterocycles. The normalized spacial score (nSPS) is 14.3. The van der Waals surface area contributed by atoms with Crippen LogP contribution in [-0.4, -0.2) is 50.8 Å². The second kappa shape index (κ2) is 9.21. The average molecular weight is 497 g/mol. The van der Waals surface area contributed by atoms with Gasteiger partial charge in [-0.2, -0.15) is 5.10 Å². The van der Waals surface area contributed by atoms with Gasteiger partial charge < -0.3 is 26.1 Å². The highest BCUT2D eigenvalue weighted by Crippen LogP contribution is 2.37. The standard InChI is InChI=1S/C27H28N8O2/c1-15-4-3-5-16-12-20(32-23(15)16)27(36)33-19-7-6-17(13-21(19)37-2)24-22-25(28)30-14-31-26(22)35(34-24)18-8-10-29-11-9-18/h3-7,12-14,18,29,32H,8-11H2,1-2H3,(H,33,36)(H2,28,30,31). The Bertz CT molecular complexity index is 1630. The van der Waals surface area contributed by atoms with E-state index in [0.717, 1.165) is 53.6 Å². The molecule has 1 amide bonds. The fourth-order valence-corrected chi connectivity index (χ4v) is 5.06. The van der Waals surface area contributed by atoms with Crippen LogP contribution in [0.5, 0.6) is 5.75 Å². The summed E-state index contributed by atoms with van der Waals surface area (Å²) in [6.07, 6.45) is 3.40. The smallest absolute Gasteiger partial charge is 0.272 e. The van der Waals surface area contributed by atoms with E-state index in [2.05, 4.69) is 25.6 Å². The van der Waals surface area contributed by atoms with Crippen molar-refractivity contribution in [2.75, 3.05) is 31.2 Å². The summed E-state index contributed by atoms with van der Waals surface area (Å²) in [6, 6.07) is 13.6. The Morgan fingerprint density at radius 1 is 1.16 bits per heavy atom. The number of benzene rings is 2. The molecule has 1 saturated heterocycles. The Hall–Kier alpha value is -4.44. The minimum absolute atomic E-state index is 0.229. The quantitative estimate of drug-likeness (QED) is 0.288. The molecule has 4 heterocycles. The maximum Gasteiger partial charge on any atom is 0.272 e. The van der Waals surface area contributed by atoms with Crippen molar-refractivity contribution in [3.63, 3.8) is 0 Å². The SMILES string of the molecule is COc1cc(-c2nn(C3CCNCC3)c3ncnc(N)c23)ccc1NC(=O)c1cc2cccc(C)c2[nH]1. The number of hydrogen-bond acceptors (Lipinski definition) is 7. The van der Waals surface area contributed by atoms with Crippen molar-refractivity contribution in [2.45, 2.75) is 25.8 Å². The van der Waals surface area contributed by atoms with Crippen molar-refractivity contribution in [3.8, 4) is 17.0 Å². The Labute approximate surface area is 213 Å². The number of rotatable bonds is 5. The molecular weight excluding hydrogens is 468 g/mol. The highest BCUT2D eigenvalue weighted by Gasteiger charge is 2.24. The van der Waals surface area contributed by atoms with Crippen LogP contribution in [-0.2, 0) is 0 Å². The summed E-state index contributed by atoms with van der Waals surface area (Å²) in [7, 11) is 1.57. The lowest BCUT2D eigenvalue weighted by molar-refractivity contribution is 0.102. The number of nitrogens with two attached hydrogens (primary N) is 1. The average Bonchev–Trinajstić information content (AvgIpc) is 3.54. The molecule has 37 heavy (non-hydrogen) atoms. The van der Waals surface area contributed by atoms with Gasteiger partial charge in [0.2, 0.25) is 0 Å². The number of nitrogens with one attached hydrogen (secondary N) is 3. The van der Waals surface area contributed by atoms with E-state index >= 15 is 0 Å². The minimum Gasteiger partial charge on any atom is -0.495 e. The van der Waals surface area contributed by atoms with Crippen molar-refractivity contribution in [3.05, 3.63) is 60.0 Å². The fraction of sp³-hybridized carbons (Fsp3) is 0.259. The van der Waals surface area contributed by atoms with Gasteiger partial charge >= 0.3 is 0 Å². The number of hydrogen-bond donors (Lipinski definition) is 4. The first-order chi connectivity index (χ1) is 18.0. The third-order valence-corrected chi connectivity index (χ3v) is 7.01. The van der Waals surface area contributed by atoms with Crippen LogP contribution in [0.4, 0.5) is 11.5 Å². The summed E-state index contributed by atoms with van der Waals surface area (Å²) >= 11 is 0. The molecule has 1 aliphatic heterocycles. The van der Waals surface area contributed by atoms with Crippen molar-refractivity contribution in [1.29, 1.82) is 0 Å². The number of amides is 1. The third-order valence-electron chi connectivity index (χ3n) is 7.01. The number of fused-ring (bicyclic) bond motifs is 2. The molecule has 2 aromatic carbocycles. The number of piperidine rings is 1. The number of aromatic nitrogens is 5. The number of methoxy groups -OCH3 is 1. The fourth-order valence-electron chi connectivity index (χ4n) is 5.06.